The molecule has 0 saturated carbocycles. The molecule has 2 nitrogen and oxygen atoms in total. The van der Waals surface area contributed by atoms with Gasteiger partial charge in [0, 0.05) is 18.7 Å². The van der Waals surface area contributed by atoms with E-state index in [1.165, 1.54) is 19.3 Å². The van der Waals surface area contributed by atoms with Gasteiger partial charge in [0.05, 0.1) is 11.4 Å². The molecule has 1 N–H and O–H groups in total. The Bertz CT molecular complexity index is 400. The fourth-order valence-electron chi connectivity index (χ4n) is 2.37. The van der Waals surface area contributed by atoms with E-state index in [1.54, 1.807) is 0 Å². The van der Waals surface area contributed by atoms with E-state index in [-0.39, 0.29) is 0 Å². The van der Waals surface area contributed by atoms with E-state index >= 15 is 0 Å². The maximum Gasteiger partial charge on any atom is 0.0842 e. The number of nitrogens with zero attached hydrogens (tertiary/aromatic N) is 1. The van der Waals surface area contributed by atoms with Gasteiger partial charge in [-0.05, 0) is 26.2 Å². The fraction of sp³-hybridized carbons (Fsp3) is 0.400. The molecule has 90 valence electrons. The van der Waals surface area contributed by atoms with Gasteiger partial charge in [-0.1, -0.05) is 36.4 Å². The SMILES string of the molecule is C/C=C(/C(=N)c1ccccc1)N1CCCCC1. The predicted molar refractivity (Wildman–Crippen MR) is 72.5 cm³/mol. The summed E-state index contributed by atoms with van der Waals surface area (Å²) < 4.78 is 0. The largest absolute Gasteiger partial charge is 0.370 e. The molecule has 1 heterocycles. The van der Waals surface area contributed by atoms with Gasteiger partial charge >= 0.3 is 0 Å². The van der Waals surface area contributed by atoms with Crippen LogP contribution in [0.2, 0.25) is 0 Å². The van der Waals surface area contributed by atoms with E-state index in [4.69, 9.17) is 5.41 Å². The summed E-state index contributed by atoms with van der Waals surface area (Å²) in [5.41, 5.74) is 2.73. The van der Waals surface area contributed by atoms with Gasteiger partial charge in [0.15, 0.2) is 0 Å². The monoisotopic (exact) mass is 228 g/mol. The van der Waals surface area contributed by atoms with E-state index in [0.717, 1.165) is 24.4 Å². The number of likely N-dealkylation sites (tertiary alicyclic amines) is 1. The van der Waals surface area contributed by atoms with E-state index in [2.05, 4.69) is 11.0 Å². The van der Waals surface area contributed by atoms with Crippen LogP contribution in [0, 0.1) is 5.41 Å². The van der Waals surface area contributed by atoms with Crippen LogP contribution in [-0.2, 0) is 0 Å². The minimum Gasteiger partial charge on any atom is -0.370 e. The van der Waals surface area contributed by atoms with Gasteiger partial charge in [0.1, 0.15) is 0 Å². The minimum atomic E-state index is 0.648. The number of allylic oxidation sites excluding steroid dienone is 2. The first-order valence-corrected chi connectivity index (χ1v) is 6.38. The second-order valence-corrected chi connectivity index (χ2v) is 4.46. The highest BCUT2D eigenvalue weighted by molar-refractivity contribution is 6.10. The zero-order valence-electron chi connectivity index (χ0n) is 10.4. The summed E-state index contributed by atoms with van der Waals surface area (Å²) in [5, 5.41) is 8.31. The predicted octanol–water partition coefficient (Wildman–Crippen LogP) is 3.44. The van der Waals surface area contributed by atoms with Gasteiger partial charge in [-0.2, -0.15) is 0 Å². The average Bonchev–Trinajstić information content (AvgIpc) is 2.42. The number of hydrogen-bond acceptors (Lipinski definition) is 2. The number of piperidine rings is 1. The molecule has 1 aliphatic heterocycles. The maximum absolute atomic E-state index is 8.31. The summed E-state index contributed by atoms with van der Waals surface area (Å²) in [5.74, 6) is 0. The standard InChI is InChI=1S/C15H20N2/c1-2-14(17-11-7-4-8-12-17)15(16)13-9-5-3-6-10-13/h2-3,5-6,9-10,16H,4,7-8,11-12H2,1H3/b14-2-,16-15?. The zero-order valence-corrected chi connectivity index (χ0v) is 10.4. The highest BCUT2D eigenvalue weighted by Gasteiger charge is 2.16. The molecule has 0 unspecified atom stereocenters. The molecule has 0 radical (unpaired) electrons. The molecule has 0 aliphatic carbocycles. The van der Waals surface area contributed by atoms with Gasteiger partial charge in [0.2, 0.25) is 0 Å². The number of benzene rings is 1. The van der Waals surface area contributed by atoms with Gasteiger partial charge in [0.25, 0.3) is 0 Å². The Morgan fingerprint density at radius 1 is 1.12 bits per heavy atom. The molecule has 1 aromatic carbocycles. The van der Waals surface area contributed by atoms with Crippen LogP contribution >= 0.6 is 0 Å². The normalized spacial score (nSPS) is 17.0. The lowest BCUT2D eigenvalue weighted by molar-refractivity contribution is 0.297. The molecule has 1 saturated heterocycles. The molecule has 0 atom stereocenters. The first-order chi connectivity index (χ1) is 8.33. The summed E-state index contributed by atoms with van der Waals surface area (Å²) in [7, 11) is 0. The van der Waals surface area contributed by atoms with Crippen molar-refractivity contribution in [2.24, 2.45) is 0 Å². The molecule has 0 spiro atoms. The molecule has 2 heteroatoms. The number of nitrogens with one attached hydrogen (secondary N) is 1. The Hall–Kier alpha value is -1.57. The smallest absolute Gasteiger partial charge is 0.0842 e. The lowest BCUT2D eigenvalue weighted by Crippen LogP contribution is -2.32. The second-order valence-electron chi connectivity index (χ2n) is 4.46. The molecule has 17 heavy (non-hydrogen) atoms. The van der Waals surface area contributed by atoms with Gasteiger partial charge < -0.3 is 4.90 Å². The first kappa shape index (κ1) is 11.9. The van der Waals surface area contributed by atoms with Crippen LogP contribution in [0.4, 0.5) is 0 Å². The second kappa shape index (κ2) is 5.67. The van der Waals surface area contributed by atoms with E-state index in [0.29, 0.717) is 5.71 Å². The fourth-order valence-corrected chi connectivity index (χ4v) is 2.37. The van der Waals surface area contributed by atoms with Crippen molar-refractivity contribution in [2.45, 2.75) is 26.2 Å². The van der Waals surface area contributed by atoms with Crippen LogP contribution in [0.3, 0.4) is 0 Å². The molecule has 0 bridgehead atoms. The van der Waals surface area contributed by atoms with Crippen molar-refractivity contribution >= 4 is 5.71 Å². The lowest BCUT2D eigenvalue weighted by Gasteiger charge is -2.31. The third-order valence-electron chi connectivity index (χ3n) is 3.29. The molecular weight excluding hydrogens is 208 g/mol. The highest BCUT2D eigenvalue weighted by atomic mass is 15.1. The molecule has 2 rings (SSSR count). The van der Waals surface area contributed by atoms with Crippen molar-refractivity contribution in [3.63, 3.8) is 0 Å². The van der Waals surface area contributed by atoms with Crippen LogP contribution in [0.5, 0.6) is 0 Å². The van der Waals surface area contributed by atoms with E-state index in [9.17, 15) is 0 Å². The highest BCUT2D eigenvalue weighted by Crippen LogP contribution is 2.18. The summed E-state index contributed by atoms with van der Waals surface area (Å²) >= 11 is 0. The summed E-state index contributed by atoms with van der Waals surface area (Å²) in [4.78, 5) is 2.35. The van der Waals surface area contributed by atoms with Crippen molar-refractivity contribution in [2.75, 3.05) is 13.1 Å². The Kier molecular flexibility index (Phi) is 3.97. The van der Waals surface area contributed by atoms with Crippen molar-refractivity contribution < 1.29 is 0 Å². The molecule has 0 amide bonds. The van der Waals surface area contributed by atoms with Crippen LogP contribution in [0.25, 0.3) is 0 Å². The van der Waals surface area contributed by atoms with E-state index < -0.39 is 0 Å². The molecular formula is C15H20N2. The Morgan fingerprint density at radius 3 is 2.35 bits per heavy atom. The third-order valence-corrected chi connectivity index (χ3v) is 3.29. The van der Waals surface area contributed by atoms with Crippen molar-refractivity contribution in [1.29, 1.82) is 5.41 Å². The van der Waals surface area contributed by atoms with Crippen molar-refractivity contribution in [1.82, 2.24) is 4.90 Å². The average molecular weight is 228 g/mol. The lowest BCUT2D eigenvalue weighted by atomic mass is 10.0. The van der Waals surface area contributed by atoms with Gasteiger partial charge in [-0.3, -0.25) is 5.41 Å². The summed E-state index contributed by atoms with van der Waals surface area (Å²) in [6.45, 7) is 4.21. The summed E-state index contributed by atoms with van der Waals surface area (Å²) in [6, 6.07) is 10.00. The van der Waals surface area contributed by atoms with Crippen molar-refractivity contribution in [3.05, 3.63) is 47.7 Å². The summed E-state index contributed by atoms with van der Waals surface area (Å²) in [6.07, 6.45) is 5.89. The number of hydrogen-bond donors (Lipinski definition) is 1. The Morgan fingerprint density at radius 2 is 1.76 bits per heavy atom. The molecule has 0 aromatic heterocycles. The maximum atomic E-state index is 8.31. The molecule has 1 fully saturated rings. The quantitative estimate of drug-likeness (QED) is 0.788. The third kappa shape index (κ3) is 2.76. The van der Waals surface area contributed by atoms with Crippen LogP contribution in [0.1, 0.15) is 31.7 Å². The molecule has 1 aromatic rings. The van der Waals surface area contributed by atoms with Crippen molar-refractivity contribution in [3.8, 4) is 0 Å². The molecule has 1 aliphatic rings. The van der Waals surface area contributed by atoms with Gasteiger partial charge in [-0.15, -0.1) is 0 Å². The van der Waals surface area contributed by atoms with E-state index in [1.807, 2.05) is 37.3 Å². The number of rotatable bonds is 3. The Balaban J connectivity index is 2.16. The van der Waals surface area contributed by atoms with Gasteiger partial charge in [-0.25, -0.2) is 0 Å². The topological polar surface area (TPSA) is 27.1 Å². The minimum absolute atomic E-state index is 0.648. The van der Waals surface area contributed by atoms with Crippen LogP contribution in [0.15, 0.2) is 42.1 Å². The first-order valence-electron chi connectivity index (χ1n) is 6.38. The van der Waals surface area contributed by atoms with Crippen LogP contribution < -0.4 is 0 Å². The zero-order chi connectivity index (χ0) is 12.1. The van der Waals surface area contributed by atoms with Crippen LogP contribution in [-0.4, -0.2) is 23.7 Å². The Labute approximate surface area is 103 Å².